The molecule has 2 aromatic rings. The lowest BCUT2D eigenvalue weighted by molar-refractivity contribution is 0.481. The maximum absolute atomic E-state index is 9.52. The summed E-state index contributed by atoms with van der Waals surface area (Å²) in [6.07, 6.45) is 0. The topological polar surface area (TPSA) is 36.0 Å². The molecule has 0 fully saturated rings. The van der Waals surface area contributed by atoms with Crippen molar-refractivity contribution in [1.29, 1.82) is 0 Å². The first-order valence-electron chi connectivity index (χ1n) is 3.66. The summed E-state index contributed by atoms with van der Waals surface area (Å²) in [5, 5.41) is 10.4. The smallest absolute Gasteiger partial charge is 0.125 e. The Bertz CT molecular complexity index is 433. The Kier molecular flexibility index (Phi) is 1.61. The van der Waals surface area contributed by atoms with E-state index in [2.05, 4.69) is 20.9 Å². The van der Waals surface area contributed by atoms with Crippen molar-refractivity contribution in [3.05, 3.63) is 28.4 Å². The summed E-state index contributed by atoms with van der Waals surface area (Å²) < 4.78 is 0.930. The van der Waals surface area contributed by atoms with Gasteiger partial charge in [-0.3, -0.25) is 0 Å². The first-order chi connectivity index (χ1) is 5.70. The standard InChI is InChI=1S/C9H8BrNO/c1-5-8-6(11-9(5)10)3-2-4-7(8)12/h2-4,11-12H,1H3. The molecule has 1 aromatic heterocycles. The van der Waals surface area contributed by atoms with Gasteiger partial charge in [-0.25, -0.2) is 0 Å². The van der Waals surface area contributed by atoms with Crippen molar-refractivity contribution in [2.45, 2.75) is 6.92 Å². The van der Waals surface area contributed by atoms with Gasteiger partial charge >= 0.3 is 0 Å². The van der Waals surface area contributed by atoms with Crippen LogP contribution >= 0.6 is 15.9 Å². The van der Waals surface area contributed by atoms with Gasteiger partial charge in [0.2, 0.25) is 0 Å². The van der Waals surface area contributed by atoms with Crippen molar-refractivity contribution < 1.29 is 5.11 Å². The number of aryl methyl sites for hydroxylation is 1. The first-order valence-corrected chi connectivity index (χ1v) is 4.45. The lowest BCUT2D eigenvalue weighted by atomic mass is 10.2. The highest BCUT2D eigenvalue weighted by Crippen LogP contribution is 2.31. The van der Waals surface area contributed by atoms with Gasteiger partial charge in [0, 0.05) is 5.39 Å². The van der Waals surface area contributed by atoms with E-state index in [0.29, 0.717) is 5.75 Å². The predicted molar refractivity (Wildman–Crippen MR) is 52.4 cm³/mol. The lowest BCUT2D eigenvalue weighted by Crippen LogP contribution is -1.69. The van der Waals surface area contributed by atoms with E-state index in [0.717, 1.165) is 21.1 Å². The van der Waals surface area contributed by atoms with Crippen LogP contribution in [0.3, 0.4) is 0 Å². The average molecular weight is 226 g/mol. The second-order valence-corrected chi connectivity index (χ2v) is 3.56. The molecule has 2 nitrogen and oxygen atoms in total. The summed E-state index contributed by atoms with van der Waals surface area (Å²) in [4.78, 5) is 3.12. The van der Waals surface area contributed by atoms with Crippen molar-refractivity contribution in [2.75, 3.05) is 0 Å². The minimum absolute atomic E-state index is 0.326. The highest BCUT2D eigenvalue weighted by atomic mass is 79.9. The van der Waals surface area contributed by atoms with Crippen LogP contribution in [0, 0.1) is 6.92 Å². The zero-order chi connectivity index (χ0) is 8.72. The highest BCUT2D eigenvalue weighted by Gasteiger charge is 2.07. The molecule has 0 amide bonds. The number of aromatic nitrogens is 1. The third-order valence-corrected chi connectivity index (χ3v) is 2.78. The number of halogens is 1. The van der Waals surface area contributed by atoms with Crippen molar-refractivity contribution in [2.24, 2.45) is 0 Å². The quantitative estimate of drug-likeness (QED) is 0.711. The number of hydrogen-bond donors (Lipinski definition) is 2. The van der Waals surface area contributed by atoms with Crippen LogP contribution in [0.4, 0.5) is 0 Å². The molecule has 0 saturated heterocycles. The molecule has 1 heterocycles. The fraction of sp³-hybridized carbons (Fsp3) is 0.111. The van der Waals surface area contributed by atoms with Gasteiger partial charge in [-0.05, 0) is 40.5 Å². The second kappa shape index (κ2) is 2.52. The molecule has 0 unspecified atom stereocenters. The minimum atomic E-state index is 0.326. The van der Waals surface area contributed by atoms with Gasteiger partial charge in [0.15, 0.2) is 0 Å². The SMILES string of the molecule is Cc1c(Br)[nH]c2cccc(O)c12. The highest BCUT2D eigenvalue weighted by molar-refractivity contribution is 9.10. The van der Waals surface area contributed by atoms with Gasteiger partial charge in [0.1, 0.15) is 5.75 Å². The summed E-state index contributed by atoms with van der Waals surface area (Å²) in [6, 6.07) is 5.45. The molecule has 0 spiro atoms. The van der Waals surface area contributed by atoms with Gasteiger partial charge in [0.05, 0.1) is 10.1 Å². The number of aromatic hydroxyl groups is 1. The van der Waals surface area contributed by atoms with Crippen LogP contribution in [0.1, 0.15) is 5.56 Å². The molecule has 0 aliphatic heterocycles. The summed E-state index contributed by atoms with van der Waals surface area (Å²) >= 11 is 3.38. The maximum Gasteiger partial charge on any atom is 0.125 e. The number of phenols is 1. The van der Waals surface area contributed by atoms with Gasteiger partial charge in [0.25, 0.3) is 0 Å². The number of aromatic amines is 1. The molecule has 0 radical (unpaired) electrons. The Balaban J connectivity index is 2.97. The molecule has 0 aliphatic rings. The number of nitrogens with one attached hydrogen (secondary N) is 1. The Morgan fingerprint density at radius 3 is 2.83 bits per heavy atom. The first kappa shape index (κ1) is 7.68. The summed E-state index contributed by atoms with van der Waals surface area (Å²) in [6.45, 7) is 1.96. The van der Waals surface area contributed by atoms with E-state index in [1.807, 2.05) is 19.1 Å². The van der Waals surface area contributed by atoms with Crippen LogP contribution in [0.15, 0.2) is 22.8 Å². The summed E-state index contributed by atoms with van der Waals surface area (Å²) in [5.74, 6) is 0.326. The fourth-order valence-electron chi connectivity index (χ4n) is 1.36. The Hall–Kier alpha value is -0.960. The Labute approximate surface area is 78.3 Å². The lowest BCUT2D eigenvalue weighted by Gasteiger charge is -1.94. The molecular weight excluding hydrogens is 218 g/mol. The fourth-order valence-corrected chi connectivity index (χ4v) is 1.77. The molecule has 12 heavy (non-hydrogen) atoms. The van der Waals surface area contributed by atoms with Crippen molar-refractivity contribution in [3.8, 4) is 5.75 Å². The molecule has 62 valence electrons. The van der Waals surface area contributed by atoms with Crippen molar-refractivity contribution in [1.82, 2.24) is 4.98 Å². The van der Waals surface area contributed by atoms with E-state index in [-0.39, 0.29) is 0 Å². The van der Waals surface area contributed by atoms with Crippen LogP contribution in [0.2, 0.25) is 0 Å². The number of hydrogen-bond acceptors (Lipinski definition) is 1. The molecule has 2 rings (SSSR count). The van der Waals surface area contributed by atoms with E-state index in [1.165, 1.54) is 0 Å². The van der Waals surface area contributed by atoms with E-state index in [4.69, 9.17) is 0 Å². The normalized spacial score (nSPS) is 10.8. The average Bonchev–Trinajstić information content (AvgIpc) is 2.29. The van der Waals surface area contributed by atoms with E-state index >= 15 is 0 Å². The van der Waals surface area contributed by atoms with Gasteiger partial charge in [-0.15, -0.1) is 0 Å². The molecule has 0 aliphatic carbocycles. The molecular formula is C9H8BrNO. The Morgan fingerprint density at radius 2 is 2.17 bits per heavy atom. The number of rotatable bonds is 0. The minimum Gasteiger partial charge on any atom is -0.507 e. The zero-order valence-corrected chi connectivity index (χ0v) is 8.14. The van der Waals surface area contributed by atoms with E-state index in [1.54, 1.807) is 6.07 Å². The van der Waals surface area contributed by atoms with Crippen molar-refractivity contribution in [3.63, 3.8) is 0 Å². The monoisotopic (exact) mass is 225 g/mol. The van der Waals surface area contributed by atoms with E-state index < -0.39 is 0 Å². The summed E-state index contributed by atoms with van der Waals surface area (Å²) in [7, 11) is 0. The van der Waals surface area contributed by atoms with Gasteiger partial charge in [-0.2, -0.15) is 0 Å². The second-order valence-electron chi connectivity index (χ2n) is 2.76. The summed E-state index contributed by atoms with van der Waals surface area (Å²) in [5.41, 5.74) is 2.00. The Morgan fingerprint density at radius 1 is 1.42 bits per heavy atom. The molecule has 0 atom stereocenters. The van der Waals surface area contributed by atoms with Crippen LogP contribution in [-0.2, 0) is 0 Å². The molecule has 1 aromatic carbocycles. The van der Waals surface area contributed by atoms with Crippen molar-refractivity contribution >= 4 is 26.8 Å². The number of phenolic OH excluding ortho intramolecular Hbond substituents is 1. The third kappa shape index (κ3) is 0.932. The largest absolute Gasteiger partial charge is 0.507 e. The number of fused-ring (bicyclic) bond motifs is 1. The van der Waals surface area contributed by atoms with E-state index in [9.17, 15) is 5.11 Å². The third-order valence-electron chi connectivity index (χ3n) is 1.99. The van der Waals surface area contributed by atoms with Crippen LogP contribution in [0.25, 0.3) is 10.9 Å². The van der Waals surface area contributed by atoms with Crippen LogP contribution in [0.5, 0.6) is 5.75 Å². The van der Waals surface area contributed by atoms with Crippen LogP contribution in [-0.4, -0.2) is 10.1 Å². The molecule has 2 N–H and O–H groups in total. The number of benzene rings is 1. The predicted octanol–water partition coefficient (Wildman–Crippen LogP) is 2.94. The molecule has 0 saturated carbocycles. The van der Waals surface area contributed by atoms with Gasteiger partial charge < -0.3 is 10.1 Å². The molecule has 3 heteroatoms. The molecule has 0 bridgehead atoms. The zero-order valence-electron chi connectivity index (χ0n) is 6.56. The van der Waals surface area contributed by atoms with Crippen LogP contribution < -0.4 is 0 Å². The number of H-pyrrole nitrogens is 1. The van der Waals surface area contributed by atoms with Gasteiger partial charge in [-0.1, -0.05) is 6.07 Å². The maximum atomic E-state index is 9.52.